The monoisotopic (exact) mass is 376 g/mol. The summed E-state index contributed by atoms with van der Waals surface area (Å²) in [5, 5.41) is 2.74. The predicted octanol–water partition coefficient (Wildman–Crippen LogP) is 2.09. The second-order valence-electron chi connectivity index (χ2n) is 6.62. The first-order valence-electron chi connectivity index (χ1n) is 8.98. The largest absolute Gasteiger partial charge is 0.489 e. The number of nitrogens with zero attached hydrogens (tertiary/aromatic N) is 3. The molecule has 0 saturated heterocycles. The number of hydrogen-bond acceptors (Lipinski definition) is 4. The van der Waals surface area contributed by atoms with Gasteiger partial charge in [0.05, 0.1) is 12.0 Å². The molecule has 1 atom stereocenters. The van der Waals surface area contributed by atoms with Gasteiger partial charge in [0.25, 0.3) is 11.8 Å². The van der Waals surface area contributed by atoms with Crippen molar-refractivity contribution in [2.45, 2.75) is 12.6 Å². The number of rotatable bonds is 4. The van der Waals surface area contributed by atoms with Crippen molar-refractivity contribution in [3.63, 3.8) is 0 Å². The summed E-state index contributed by atoms with van der Waals surface area (Å²) in [6.07, 6.45) is 3.28. The van der Waals surface area contributed by atoms with Gasteiger partial charge in [-0.1, -0.05) is 42.5 Å². The van der Waals surface area contributed by atoms with Crippen LogP contribution in [0.5, 0.6) is 5.75 Å². The highest BCUT2D eigenvalue weighted by molar-refractivity contribution is 6.02. The first-order chi connectivity index (χ1) is 13.6. The van der Waals surface area contributed by atoms with Gasteiger partial charge in [-0.15, -0.1) is 0 Å². The molecular formula is C21H20N4O3. The van der Waals surface area contributed by atoms with E-state index in [-0.39, 0.29) is 18.2 Å². The van der Waals surface area contributed by atoms with Gasteiger partial charge in [-0.3, -0.25) is 9.59 Å². The van der Waals surface area contributed by atoms with Gasteiger partial charge >= 0.3 is 0 Å². The standard InChI is InChI=1S/C21H20N4O3/c1-24-18-9-5-6-10-19(18)28-13-17(21(24)27)23-20(26)16-12-25(14-22-16)11-15-7-3-2-4-8-15/h2-10,12,14,17H,11,13H2,1H3,(H,23,26). The van der Waals surface area contributed by atoms with Crippen LogP contribution in [0.25, 0.3) is 0 Å². The summed E-state index contributed by atoms with van der Waals surface area (Å²) in [4.78, 5) is 31.0. The Hall–Kier alpha value is -3.61. The van der Waals surface area contributed by atoms with Crippen molar-refractivity contribution in [2.24, 2.45) is 0 Å². The molecule has 2 amide bonds. The van der Waals surface area contributed by atoms with Crippen LogP contribution in [-0.4, -0.2) is 41.1 Å². The Bertz CT molecular complexity index is 1000. The molecule has 1 aliphatic heterocycles. The van der Waals surface area contributed by atoms with Gasteiger partial charge < -0.3 is 19.5 Å². The van der Waals surface area contributed by atoms with E-state index in [0.717, 1.165) is 5.56 Å². The molecule has 28 heavy (non-hydrogen) atoms. The van der Waals surface area contributed by atoms with Gasteiger partial charge in [0.1, 0.15) is 24.1 Å². The molecule has 7 nitrogen and oxygen atoms in total. The molecule has 7 heteroatoms. The minimum Gasteiger partial charge on any atom is -0.489 e. The van der Waals surface area contributed by atoms with E-state index < -0.39 is 11.9 Å². The minimum atomic E-state index is -0.788. The van der Waals surface area contributed by atoms with Gasteiger partial charge in [-0.2, -0.15) is 0 Å². The number of anilines is 1. The number of hydrogen-bond donors (Lipinski definition) is 1. The van der Waals surface area contributed by atoms with E-state index in [0.29, 0.717) is 18.0 Å². The highest BCUT2D eigenvalue weighted by atomic mass is 16.5. The zero-order chi connectivity index (χ0) is 19.5. The van der Waals surface area contributed by atoms with Crippen LogP contribution in [-0.2, 0) is 11.3 Å². The Balaban J connectivity index is 1.45. The third kappa shape index (κ3) is 3.59. The van der Waals surface area contributed by atoms with Crippen molar-refractivity contribution in [1.82, 2.24) is 14.9 Å². The maximum atomic E-state index is 12.7. The molecule has 1 N–H and O–H groups in total. The molecule has 2 heterocycles. The van der Waals surface area contributed by atoms with Crippen LogP contribution in [0.4, 0.5) is 5.69 Å². The van der Waals surface area contributed by atoms with E-state index in [1.165, 1.54) is 4.90 Å². The van der Waals surface area contributed by atoms with Gasteiger partial charge in [-0.05, 0) is 17.7 Å². The Morgan fingerprint density at radius 1 is 1.18 bits per heavy atom. The van der Waals surface area contributed by atoms with E-state index in [9.17, 15) is 9.59 Å². The molecule has 1 aromatic heterocycles. The number of carbonyl (C=O) groups excluding carboxylic acids is 2. The second kappa shape index (κ2) is 7.56. The smallest absolute Gasteiger partial charge is 0.272 e. The summed E-state index contributed by atoms with van der Waals surface area (Å²) in [6.45, 7) is 0.682. The molecule has 3 aromatic rings. The molecule has 2 aromatic carbocycles. The lowest BCUT2D eigenvalue weighted by Gasteiger charge is -2.20. The van der Waals surface area contributed by atoms with Crippen LogP contribution in [0.2, 0.25) is 0 Å². The van der Waals surface area contributed by atoms with Crippen molar-refractivity contribution in [3.8, 4) is 5.75 Å². The normalized spacial score (nSPS) is 16.1. The molecule has 0 spiro atoms. The average molecular weight is 376 g/mol. The van der Waals surface area contributed by atoms with Crippen LogP contribution < -0.4 is 15.0 Å². The number of nitrogens with one attached hydrogen (secondary N) is 1. The summed E-state index contributed by atoms with van der Waals surface area (Å²) >= 11 is 0. The number of para-hydroxylation sites is 2. The molecule has 1 aliphatic rings. The fraction of sp³-hybridized carbons (Fsp3) is 0.190. The summed E-state index contributed by atoms with van der Waals surface area (Å²) in [7, 11) is 1.67. The molecule has 0 fully saturated rings. The molecule has 0 radical (unpaired) electrons. The van der Waals surface area contributed by atoms with Crippen molar-refractivity contribution in [1.29, 1.82) is 0 Å². The lowest BCUT2D eigenvalue weighted by atomic mass is 10.2. The second-order valence-corrected chi connectivity index (χ2v) is 6.62. The number of fused-ring (bicyclic) bond motifs is 1. The summed E-state index contributed by atoms with van der Waals surface area (Å²) in [6, 6.07) is 16.4. The van der Waals surface area contributed by atoms with E-state index >= 15 is 0 Å². The van der Waals surface area contributed by atoms with Gasteiger partial charge in [0.2, 0.25) is 0 Å². The quantitative estimate of drug-likeness (QED) is 0.756. The number of imidazole rings is 1. The Morgan fingerprint density at radius 3 is 2.75 bits per heavy atom. The van der Waals surface area contributed by atoms with E-state index in [1.54, 1.807) is 25.6 Å². The zero-order valence-corrected chi connectivity index (χ0v) is 15.4. The van der Waals surface area contributed by atoms with Crippen LogP contribution in [0.1, 0.15) is 16.1 Å². The lowest BCUT2D eigenvalue weighted by molar-refractivity contribution is -0.120. The van der Waals surface area contributed by atoms with Gasteiger partial charge in [0.15, 0.2) is 0 Å². The van der Waals surface area contributed by atoms with Crippen LogP contribution in [0.15, 0.2) is 67.1 Å². The number of amides is 2. The third-order valence-corrected chi connectivity index (χ3v) is 4.64. The maximum absolute atomic E-state index is 12.7. The third-order valence-electron chi connectivity index (χ3n) is 4.64. The zero-order valence-electron chi connectivity index (χ0n) is 15.4. The van der Waals surface area contributed by atoms with Gasteiger partial charge in [-0.25, -0.2) is 4.98 Å². The average Bonchev–Trinajstić information content (AvgIpc) is 3.15. The number of likely N-dealkylation sites (N-methyl/N-ethyl adjacent to an activating group) is 1. The summed E-state index contributed by atoms with van der Waals surface area (Å²) < 4.78 is 7.55. The highest BCUT2D eigenvalue weighted by Gasteiger charge is 2.30. The number of benzene rings is 2. The molecular weight excluding hydrogens is 356 g/mol. The van der Waals surface area contributed by atoms with Crippen LogP contribution in [0, 0.1) is 0 Å². The van der Waals surface area contributed by atoms with Crippen molar-refractivity contribution >= 4 is 17.5 Å². The molecule has 0 saturated carbocycles. The van der Waals surface area contributed by atoms with Crippen LogP contribution in [0.3, 0.4) is 0 Å². The fourth-order valence-electron chi connectivity index (χ4n) is 3.15. The first-order valence-corrected chi connectivity index (χ1v) is 8.98. The van der Waals surface area contributed by atoms with E-state index in [2.05, 4.69) is 10.3 Å². The first kappa shape index (κ1) is 17.8. The van der Waals surface area contributed by atoms with Crippen LogP contribution >= 0.6 is 0 Å². The maximum Gasteiger partial charge on any atom is 0.272 e. The molecule has 0 bridgehead atoms. The number of carbonyl (C=O) groups is 2. The van der Waals surface area contributed by atoms with Gasteiger partial charge in [0, 0.05) is 19.8 Å². The minimum absolute atomic E-state index is 0.0661. The molecule has 1 unspecified atom stereocenters. The molecule has 4 rings (SSSR count). The fourth-order valence-corrected chi connectivity index (χ4v) is 3.15. The Labute approximate surface area is 162 Å². The molecule has 0 aliphatic carbocycles. The highest BCUT2D eigenvalue weighted by Crippen LogP contribution is 2.29. The summed E-state index contributed by atoms with van der Waals surface area (Å²) in [5.41, 5.74) is 2.04. The SMILES string of the molecule is CN1C(=O)C(NC(=O)c2cn(Cc3ccccc3)cn2)COc2ccccc21. The summed E-state index contributed by atoms with van der Waals surface area (Å²) in [5.74, 6) is -0.0302. The van der Waals surface area contributed by atoms with Crippen molar-refractivity contribution in [3.05, 3.63) is 78.4 Å². The number of ether oxygens (including phenoxy) is 1. The topological polar surface area (TPSA) is 76.5 Å². The van der Waals surface area contributed by atoms with Crippen molar-refractivity contribution < 1.29 is 14.3 Å². The van der Waals surface area contributed by atoms with E-state index in [4.69, 9.17) is 4.74 Å². The predicted molar refractivity (Wildman–Crippen MR) is 104 cm³/mol. The van der Waals surface area contributed by atoms with Crippen molar-refractivity contribution in [2.75, 3.05) is 18.6 Å². The lowest BCUT2D eigenvalue weighted by Crippen LogP contribution is -2.49. The Kier molecular flexibility index (Phi) is 4.80. The van der Waals surface area contributed by atoms with E-state index in [1.807, 2.05) is 53.1 Å². The number of aromatic nitrogens is 2. The Morgan fingerprint density at radius 2 is 1.93 bits per heavy atom. The molecule has 142 valence electrons.